The fraction of sp³-hybridized carbons (Fsp3) is 0.625. The molecule has 0 unspecified atom stereocenters. The Balaban J connectivity index is 2.55. The van der Waals surface area contributed by atoms with Crippen LogP contribution in [-0.2, 0) is 11.3 Å². The number of benzene rings is 1. The van der Waals surface area contributed by atoms with Crippen LogP contribution in [0.5, 0.6) is 11.5 Å². The normalized spacial score (nSPS) is 10.8. The van der Waals surface area contributed by atoms with Gasteiger partial charge in [0, 0.05) is 26.7 Å². The van der Waals surface area contributed by atoms with Gasteiger partial charge in [-0.2, -0.15) is 0 Å². The van der Waals surface area contributed by atoms with E-state index in [-0.39, 0.29) is 0 Å². The summed E-state index contributed by atoms with van der Waals surface area (Å²) in [5.41, 5.74) is 1.20. The standard InChI is InChI=1S/C16H27NO3/c1-13(2)11-17-12-14-6-7-15(19-4)16(10-14)20-9-5-8-18-3/h6-7,10,13,17H,5,8-9,11-12H2,1-4H3. The van der Waals surface area contributed by atoms with Crippen LogP contribution < -0.4 is 14.8 Å². The Labute approximate surface area is 122 Å². The average Bonchev–Trinajstić information content (AvgIpc) is 2.43. The van der Waals surface area contributed by atoms with Gasteiger partial charge in [0.1, 0.15) is 0 Å². The van der Waals surface area contributed by atoms with E-state index in [0.29, 0.717) is 19.1 Å². The molecule has 0 aliphatic carbocycles. The summed E-state index contributed by atoms with van der Waals surface area (Å²) in [6.07, 6.45) is 0.871. The van der Waals surface area contributed by atoms with E-state index in [1.807, 2.05) is 12.1 Å². The zero-order chi connectivity index (χ0) is 14.8. The van der Waals surface area contributed by atoms with Crippen LogP contribution >= 0.6 is 0 Å². The summed E-state index contributed by atoms with van der Waals surface area (Å²) in [6, 6.07) is 6.06. The lowest BCUT2D eigenvalue weighted by Crippen LogP contribution is -2.19. The Bertz CT molecular complexity index is 380. The van der Waals surface area contributed by atoms with E-state index in [2.05, 4.69) is 25.2 Å². The summed E-state index contributed by atoms with van der Waals surface area (Å²) < 4.78 is 16.1. The highest BCUT2D eigenvalue weighted by Gasteiger charge is 2.06. The summed E-state index contributed by atoms with van der Waals surface area (Å²) >= 11 is 0. The number of ether oxygens (including phenoxy) is 3. The molecule has 0 saturated heterocycles. The van der Waals surface area contributed by atoms with Gasteiger partial charge in [0.15, 0.2) is 11.5 Å². The molecule has 0 fully saturated rings. The minimum atomic E-state index is 0.632. The van der Waals surface area contributed by atoms with Crippen molar-refractivity contribution in [3.8, 4) is 11.5 Å². The van der Waals surface area contributed by atoms with Gasteiger partial charge in [-0.25, -0.2) is 0 Å². The van der Waals surface area contributed by atoms with E-state index < -0.39 is 0 Å². The fourth-order valence-corrected chi connectivity index (χ4v) is 1.83. The van der Waals surface area contributed by atoms with Crippen molar-refractivity contribution in [1.29, 1.82) is 0 Å². The Kier molecular flexibility index (Phi) is 8.07. The fourth-order valence-electron chi connectivity index (χ4n) is 1.83. The molecule has 0 radical (unpaired) electrons. The van der Waals surface area contributed by atoms with Crippen molar-refractivity contribution in [3.63, 3.8) is 0 Å². The highest BCUT2D eigenvalue weighted by atomic mass is 16.5. The Morgan fingerprint density at radius 2 is 1.90 bits per heavy atom. The smallest absolute Gasteiger partial charge is 0.161 e. The highest BCUT2D eigenvalue weighted by Crippen LogP contribution is 2.28. The number of hydrogen-bond donors (Lipinski definition) is 1. The van der Waals surface area contributed by atoms with Crippen molar-refractivity contribution < 1.29 is 14.2 Å². The highest BCUT2D eigenvalue weighted by molar-refractivity contribution is 5.42. The summed E-state index contributed by atoms with van der Waals surface area (Å²) in [5.74, 6) is 2.22. The van der Waals surface area contributed by atoms with Crippen molar-refractivity contribution in [2.75, 3.05) is 34.0 Å². The van der Waals surface area contributed by atoms with Gasteiger partial charge in [0.05, 0.1) is 13.7 Å². The number of hydrogen-bond acceptors (Lipinski definition) is 4. The van der Waals surface area contributed by atoms with E-state index in [1.54, 1.807) is 14.2 Å². The molecule has 0 aliphatic rings. The molecule has 0 heterocycles. The minimum absolute atomic E-state index is 0.632. The van der Waals surface area contributed by atoms with Gasteiger partial charge < -0.3 is 19.5 Å². The zero-order valence-corrected chi connectivity index (χ0v) is 13.1. The van der Waals surface area contributed by atoms with Crippen LogP contribution in [0.15, 0.2) is 18.2 Å². The average molecular weight is 281 g/mol. The third kappa shape index (κ3) is 6.26. The summed E-state index contributed by atoms with van der Waals surface area (Å²) in [5, 5.41) is 3.43. The summed E-state index contributed by atoms with van der Waals surface area (Å²) in [4.78, 5) is 0. The predicted molar refractivity (Wildman–Crippen MR) is 81.5 cm³/mol. The molecule has 20 heavy (non-hydrogen) atoms. The first-order chi connectivity index (χ1) is 9.67. The Hall–Kier alpha value is -1.26. The van der Waals surface area contributed by atoms with Gasteiger partial charge in [0.2, 0.25) is 0 Å². The maximum atomic E-state index is 5.77. The molecule has 0 atom stereocenters. The minimum Gasteiger partial charge on any atom is -0.493 e. The molecule has 0 amide bonds. The lowest BCUT2D eigenvalue weighted by atomic mass is 10.2. The topological polar surface area (TPSA) is 39.7 Å². The monoisotopic (exact) mass is 281 g/mol. The van der Waals surface area contributed by atoms with E-state index in [1.165, 1.54) is 5.56 Å². The number of rotatable bonds is 10. The molecule has 0 aromatic heterocycles. The molecule has 1 N–H and O–H groups in total. The first kappa shape index (κ1) is 16.8. The van der Waals surface area contributed by atoms with Crippen molar-refractivity contribution in [2.24, 2.45) is 5.92 Å². The molecule has 4 heteroatoms. The zero-order valence-electron chi connectivity index (χ0n) is 13.1. The third-order valence-electron chi connectivity index (χ3n) is 2.86. The molecule has 0 aliphatic heterocycles. The molecule has 1 rings (SSSR count). The van der Waals surface area contributed by atoms with Crippen molar-refractivity contribution in [2.45, 2.75) is 26.8 Å². The second kappa shape index (κ2) is 9.61. The van der Waals surface area contributed by atoms with Gasteiger partial charge >= 0.3 is 0 Å². The van der Waals surface area contributed by atoms with Gasteiger partial charge in [-0.3, -0.25) is 0 Å². The van der Waals surface area contributed by atoms with Crippen LogP contribution in [0.4, 0.5) is 0 Å². The van der Waals surface area contributed by atoms with Gasteiger partial charge in [-0.1, -0.05) is 19.9 Å². The second-order valence-corrected chi connectivity index (χ2v) is 5.20. The summed E-state index contributed by atoms with van der Waals surface area (Å²) in [6.45, 7) is 7.59. The largest absolute Gasteiger partial charge is 0.493 e. The Morgan fingerprint density at radius 3 is 2.55 bits per heavy atom. The Morgan fingerprint density at radius 1 is 1.10 bits per heavy atom. The predicted octanol–water partition coefficient (Wildman–Crippen LogP) is 2.86. The summed E-state index contributed by atoms with van der Waals surface area (Å²) in [7, 11) is 3.36. The van der Waals surface area contributed by atoms with E-state index in [9.17, 15) is 0 Å². The first-order valence-corrected chi connectivity index (χ1v) is 7.16. The quantitative estimate of drug-likeness (QED) is 0.669. The van der Waals surface area contributed by atoms with Crippen molar-refractivity contribution >= 4 is 0 Å². The maximum Gasteiger partial charge on any atom is 0.161 e. The van der Waals surface area contributed by atoms with Gasteiger partial charge in [-0.15, -0.1) is 0 Å². The molecule has 0 bridgehead atoms. The van der Waals surface area contributed by atoms with Crippen LogP contribution in [0.3, 0.4) is 0 Å². The number of nitrogens with one attached hydrogen (secondary N) is 1. The van der Waals surface area contributed by atoms with Gasteiger partial charge in [0.25, 0.3) is 0 Å². The maximum absolute atomic E-state index is 5.77. The lowest BCUT2D eigenvalue weighted by molar-refractivity contribution is 0.170. The molecular weight excluding hydrogens is 254 g/mol. The molecule has 0 saturated carbocycles. The molecule has 4 nitrogen and oxygen atoms in total. The molecule has 114 valence electrons. The SMILES string of the molecule is COCCCOc1cc(CNCC(C)C)ccc1OC. The van der Waals surface area contributed by atoms with Crippen molar-refractivity contribution in [1.82, 2.24) is 5.32 Å². The van der Waals surface area contributed by atoms with E-state index in [0.717, 1.165) is 31.0 Å². The van der Waals surface area contributed by atoms with E-state index >= 15 is 0 Å². The molecular formula is C16H27NO3. The van der Waals surface area contributed by atoms with Gasteiger partial charge in [-0.05, 0) is 30.2 Å². The number of methoxy groups -OCH3 is 2. The molecule has 1 aromatic carbocycles. The van der Waals surface area contributed by atoms with Crippen LogP contribution in [-0.4, -0.2) is 34.0 Å². The van der Waals surface area contributed by atoms with Crippen LogP contribution in [0, 0.1) is 5.92 Å². The van der Waals surface area contributed by atoms with Crippen LogP contribution in [0.2, 0.25) is 0 Å². The lowest BCUT2D eigenvalue weighted by Gasteiger charge is -2.13. The second-order valence-electron chi connectivity index (χ2n) is 5.20. The van der Waals surface area contributed by atoms with Crippen LogP contribution in [0.1, 0.15) is 25.8 Å². The third-order valence-corrected chi connectivity index (χ3v) is 2.86. The van der Waals surface area contributed by atoms with Crippen LogP contribution in [0.25, 0.3) is 0 Å². The van der Waals surface area contributed by atoms with E-state index in [4.69, 9.17) is 14.2 Å². The molecule has 0 spiro atoms. The molecule has 1 aromatic rings. The first-order valence-electron chi connectivity index (χ1n) is 7.16. The van der Waals surface area contributed by atoms with Crippen molar-refractivity contribution in [3.05, 3.63) is 23.8 Å².